The summed E-state index contributed by atoms with van der Waals surface area (Å²) in [6, 6.07) is 0. The van der Waals surface area contributed by atoms with Crippen LogP contribution in [-0.2, 0) is 4.79 Å². The van der Waals surface area contributed by atoms with Gasteiger partial charge in [0.25, 0.3) is 17.7 Å². The van der Waals surface area contributed by atoms with Crippen LogP contribution < -0.4 is 11.3 Å². The Morgan fingerprint density at radius 2 is 1.35 bits per heavy atom. The molecule has 3 N–H and O–H groups in total. The minimum atomic E-state index is -0.793. The van der Waals surface area contributed by atoms with Gasteiger partial charge in [-0.25, -0.2) is 5.84 Å². The number of fused-ring (bicyclic) bond motifs is 1. The number of carbonyl (C=O) groups is 3. The first kappa shape index (κ1) is 15.3. The number of nitrogens with one attached hydrogen (secondary N) is 1. The molecule has 1 aromatic carbocycles. The molecule has 0 fully saturated rings. The third-order valence-electron chi connectivity index (χ3n) is 2.65. The van der Waals surface area contributed by atoms with Crippen LogP contribution in [0.1, 0.15) is 20.7 Å². The topological polar surface area (TPSA) is 92.5 Å². The summed E-state index contributed by atoms with van der Waals surface area (Å²) in [6.07, 6.45) is 0. The molecule has 0 atom stereocenters. The van der Waals surface area contributed by atoms with Gasteiger partial charge < -0.3 is 0 Å². The number of nitrogens with zero attached hydrogens (tertiary/aromatic N) is 1. The average molecular weight is 357 g/mol. The third kappa shape index (κ3) is 2.13. The van der Waals surface area contributed by atoms with E-state index < -0.39 is 24.3 Å². The standard InChI is InChI=1S/C10H5Cl4N3O3/c11-5-3-4(6(12)8(14)7(5)13)10(20)17(9(3)19)1-2(18)16-15/h1,15H2,(H,16,18). The van der Waals surface area contributed by atoms with E-state index in [0.717, 1.165) is 0 Å². The monoisotopic (exact) mass is 355 g/mol. The first-order valence-corrected chi connectivity index (χ1v) is 6.54. The summed E-state index contributed by atoms with van der Waals surface area (Å²) in [5, 5.41) is -0.651. The Bertz CT molecular complexity index is 615. The van der Waals surface area contributed by atoms with Gasteiger partial charge in [0.05, 0.1) is 31.2 Å². The largest absolute Gasteiger partial charge is 0.293 e. The smallest absolute Gasteiger partial charge is 0.263 e. The SMILES string of the molecule is NNC(=O)CN1C(=O)c2c(Cl)c(Cl)c(Cl)c(Cl)c2C1=O. The van der Waals surface area contributed by atoms with Crippen LogP contribution in [0.25, 0.3) is 0 Å². The van der Waals surface area contributed by atoms with Gasteiger partial charge in [0.1, 0.15) is 6.54 Å². The number of hydrogen-bond donors (Lipinski definition) is 2. The highest BCUT2D eigenvalue weighted by molar-refractivity contribution is 6.55. The van der Waals surface area contributed by atoms with Crippen LogP contribution in [-0.4, -0.2) is 29.2 Å². The molecule has 0 saturated carbocycles. The quantitative estimate of drug-likeness (QED) is 0.211. The molecule has 1 heterocycles. The van der Waals surface area contributed by atoms with E-state index in [2.05, 4.69) is 0 Å². The highest BCUT2D eigenvalue weighted by Crippen LogP contribution is 2.44. The van der Waals surface area contributed by atoms with E-state index in [9.17, 15) is 14.4 Å². The van der Waals surface area contributed by atoms with Gasteiger partial charge in [-0.2, -0.15) is 0 Å². The minimum Gasteiger partial charge on any atom is -0.293 e. The van der Waals surface area contributed by atoms with E-state index in [1.54, 1.807) is 0 Å². The van der Waals surface area contributed by atoms with Gasteiger partial charge in [-0.15, -0.1) is 0 Å². The van der Waals surface area contributed by atoms with Crippen molar-refractivity contribution in [1.29, 1.82) is 0 Å². The van der Waals surface area contributed by atoms with E-state index in [0.29, 0.717) is 4.90 Å². The zero-order valence-electron chi connectivity index (χ0n) is 9.47. The number of carbonyl (C=O) groups excluding carboxylic acids is 3. The number of rotatable bonds is 2. The van der Waals surface area contributed by atoms with Gasteiger partial charge in [0.2, 0.25) is 0 Å². The first-order valence-electron chi connectivity index (χ1n) is 5.02. The molecule has 1 aromatic rings. The molecule has 0 radical (unpaired) electrons. The number of amides is 3. The Hall–Kier alpha value is -1.05. The molecule has 10 heteroatoms. The fourth-order valence-corrected chi connectivity index (χ4v) is 2.74. The van der Waals surface area contributed by atoms with Gasteiger partial charge in [-0.05, 0) is 0 Å². The second-order valence-corrected chi connectivity index (χ2v) is 5.28. The molecule has 0 saturated heterocycles. The fourth-order valence-electron chi connectivity index (χ4n) is 1.73. The van der Waals surface area contributed by atoms with Crippen molar-refractivity contribution < 1.29 is 14.4 Å². The molecule has 0 spiro atoms. The summed E-state index contributed by atoms with van der Waals surface area (Å²) in [5.74, 6) is 2.59. The summed E-state index contributed by atoms with van der Waals surface area (Å²) >= 11 is 23.5. The van der Waals surface area contributed by atoms with E-state index >= 15 is 0 Å². The number of nitrogens with two attached hydrogens (primary N) is 1. The lowest BCUT2D eigenvalue weighted by Gasteiger charge is -2.11. The van der Waals surface area contributed by atoms with E-state index in [4.69, 9.17) is 52.2 Å². The molecular formula is C10H5Cl4N3O3. The van der Waals surface area contributed by atoms with Crippen molar-refractivity contribution in [2.45, 2.75) is 0 Å². The molecule has 1 aliphatic rings. The van der Waals surface area contributed by atoms with Gasteiger partial charge in [0, 0.05) is 0 Å². The highest BCUT2D eigenvalue weighted by Gasteiger charge is 2.42. The van der Waals surface area contributed by atoms with Crippen molar-refractivity contribution in [2.24, 2.45) is 5.84 Å². The molecule has 2 rings (SSSR count). The second-order valence-electron chi connectivity index (χ2n) is 3.77. The second kappa shape index (κ2) is 5.38. The Morgan fingerprint density at radius 3 is 1.70 bits per heavy atom. The van der Waals surface area contributed by atoms with E-state index in [1.165, 1.54) is 0 Å². The van der Waals surface area contributed by atoms with E-state index in [1.807, 2.05) is 5.43 Å². The Balaban J connectivity index is 2.60. The molecule has 3 amide bonds. The summed E-state index contributed by atoms with van der Waals surface area (Å²) in [7, 11) is 0. The van der Waals surface area contributed by atoms with Crippen molar-refractivity contribution in [3.05, 3.63) is 31.2 Å². The lowest BCUT2D eigenvalue weighted by Crippen LogP contribution is -2.42. The Kier molecular flexibility index (Phi) is 4.13. The molecule has 106 valence electrons. The van der Waals surface area contributed by atoms with Crippen molar-refractivity contribution in [2.75, 3.05) is 6.54 Å². The van der Waals surface area contributed by atoms with Gasteiger partial charge in [-0.3, -0.25) is 24.7 Å². The van der Waals surface area contributed by atoms with Gasteiger partial charge in [0.15, 0.2) is 0 Å². The van der Waals surface area contributed by atoms with Crippen molar-refractivity contribution in [1.82, 2.24) is 10.3 Å². The van der Waals surface area contributed by atoms with Gasteiger partial charge >= 0.3 is 0 Å². The minimum absolute atomic E-state index is 0.136. The van der Waals surface area contributed by atoms with Crippen molar-refractivity contribution >= 4 is 64.1 Å². The molecule has 1 aliphatic heterocycles. The maximum atomic E-state index is 12.1. The Labute approximate surface area is 132 Å². The molecule has 0 bridgehead atoms. The molecular weight excluding hydrogens is 352 g/mol. The number of benzene rings is 1. The van der Waals surface area contributed by atoms with Gasteiger partial charge in [-0.1, -0.05) is 46.4 Å². The predicted molar refractivity (Wildman–Crippen MR) is 74.2 cm³/mol. The number of hydrazine groups is 1. The maximum Gasteiger partial charge on any atom is 0.263 e. The average Bonchev–Trinajstić information content (AvgIpc) is 2.67. The molecule has 20 heavy (non-hydrogen) atoms. The summed E-state index contributed by atoms with van der Waals surface area (Å²) in [4.78, 5) is 36.1. The normalized spacial score (nSPS) is 13.8. The number of imide groups is 1. The lowest BCUT2D eigenvalue weighted by molar-refractivity contribution is -0.121. The number of hydrogen-bond acceptors (Lipinski definition) is 4. The van der Waals surface area contributed by atoms with Crippen LogP contribution in [0.4, 0.5) is 0 Å². The molecule has 0 aliphatic carbocycles. The zero-order chi connectivity index (χ0) is 15.2. The van der Waals surface area contributed by atoms with Crippen LogP contribution in [0, 0.1) is 0 Å². The maximum absolute atomic E-state index is 12.1. The van der Waals surface area contributed by atoms with Crippen LogP contribution in [0.3, 0.4) is 0 Å². The van der Waals surface area contributed by atoms with Crippen molar-refractivity contribution in [3.8, 4) is 0 Å². The summed E-state index contributed by atoms with van der Waals surface area (Å²) in [5.41, 5.74) is 1.45. The molecule has 0 aromatic heterocycles. The van der Waals surface area contributed by atoms with E-state index in [-0.39, 0.29) is 31.2 Å². The molecule has 0 unspecified atom stereocenters. The lowest BCUT2D eigenvalue weighted by atomic mass is 10.1. The van der Waals surface area contributed by atoms with Crippen LogP contribution in [0.15, 0.2) is 0 Å². The summed E-state index contributed by atoms with van der Waals surface area (Å²) in [6.45, 7) is -0.565. The predicted octanol–water partition coefficient (Wildman–Crippen LogP) is 1.89. The van der Waals surface area contributed by atoms with Crippen LogP contribution in [0.2, 0.25) is 20.1 Å². The third-order valence-corrected chi connectivity index (χ3v) is 4.45. The zero-order valence-corrected chi connectivity index (χ0v) is 12.5. The van der Waals surface area contributed by atoms with Crippen molar-refractivity contribution in [3.63, 3.8) is 0 Å². The fraction of sp³-hybridized carbons (Fsp3) is 0.100. The van der Waals surface area contributed by atoms with Crippen LogP contribution in [0.5, 0.6) is 0 Å². The summed E-state index contributed by atoms with van der Waals surface area (Å²) < 4.78 is 0. The van der Waals surface area contributed by atoms with Crippen LogP contribution >= 0.6 is 46.4 Å². The highest BCUT2D eigenvalue weighted by atomic mass is 35.5. The Morgan fingerprint density at radius 1 is 0.950 bits per heavy atom. The molecule has 6 nitrogen and oxygen atoms in total. The first-order chi connectivity index (χ1) is 9.31. The number of halogens is 4.